The molecule has 14 atom stereocenters. The quantitative estimate of drug-likeness (QED) is 0.0638. The van der Waals surface area contributed by atoms with Crippen molar-refractivity contribution in [3.63, 3.8) is 0 Å². The molecule has 4 saturated carbocycles. The minimum Gasteiger partial charge on any atom is -0.463 e. The largest absolute Gasteiger partial charge is 0.463 e. The van der Waals surface area contributed by atoms with E-state index in [0.29, 0.717) is 23.2 Å². The molecule has 0 amide bonds. The van der Waals surface area contributed by atoms with Crippen LogP contribution in [0.15, 0.2) is 0 Å². The molecule has 4 aliphatic carbocycles. The lowest BCUT2D eigenvalue weighted by Gasteiger charge is -2.61. The molecule has 0 radical (unpaired) electrons. The molecule has 58 heavy (non-hydrogen) atoms. The summed E-state index contributed by atoms with van der Waals surface area (Å²) in [5.74, 6) is 5.26. The van der Waals surface area contributed by atoms with Gasteiger partial charge in [0.25, 0.3) is 0 Å². The number of unbranched alkanes of at least 4 members (excludes halogenated alkanes) is 9. The Balaban J connectivity index is 0.000000723. The molecule has 1 saturated heterocycles. The van der Waals surface area contributed by atoms with Gasteiger partial charge in [0, 0.05) is 6.42 Å². The SMILES string of the molecule is CC.CCCCCCC(=O)OCC1O[C@@H](O[C@H]2CCC3(C)C4CCC5(C)C([C@H](C)CCCC(C)C)CC[C@H]5[C@H]4CC[C@H]3C2)[C@@H](O)C(O)[C@H]1O.CCCCCCCCC. The first kappa shape index (κ1) is 51.6. The van der Waals surface area contributed by atoms with Crippen molar-refractivity contribution in [2.24, 2.45) is 52.3 Å². The van der Waals surface area contributed by atoms with Crippen LogP contribution in [0.2, 0.25) is 0 Å². The average molecular weight is 821 g/mol. The van der Waals surface area contributed by atoms with Gasteiger partial charge in [0.2, 0.25) is 0 Å². The van der Waals surface area contributed by atoms with Crippen molar-refractivity contribution < 1.29 is 34.3 Å². The highest BCUT2D eigenvalue weighted by molar-refractivity contribution is 5.69. The molecule has 6 unspecified atom stereocenters. The third-order valence-corrected chi connectivity index (χ3v) is 16.2. The van der Waals surface area contributed by atoms with Gasteiger partial charge < -0.3 is 29.5 Å². The summed E-state index contributed by atoms with van der Waals surface area (Å²) in [6, 6.07) is 0. The molecule has 7 nitrogen and oxygen atoms in total. The zero-order valence-electron chi connectivity index (χ0n) is 39.7. The van der Waals surface area contributed by atoms with Crippen LogP contribution >= 0.6 is 0 Å². The van der Waals surface area contributed by atoms with E-state index in [1.165, 1.54) is 103 Å². The van der Waals surface area contributed by atoms with Gasteiger partial charge in [0.1, 0.15) is 31.0 Å². The van der Waals surface area contributed by atoms with Crippen LogP contribution in [0.5, 0.6) is 0 Å². The van der Waals surface area contributed by atoms with E-state index in [2.05, 4.69) is 55.4 Å². The number of rotatable bonds is 20. The second-order valence-electron chi connectivity index (χ2n) is 20.5. The molecule has 3 N–H and O–H groups in total. The Morgan fingerprint density at radius 1 is 0.690 bits per heavy atom. The first-order valence-corrected chi connectivity index (χ1v) is 25.3. The number of hydrogen-bond donors (Lipinski definition) is 3. The topological polar surface area (TPSA) is 105 Å². The van der Waals surface area contributed by atoms with Crippen LogP contribution in [-0.4, -0.2) is 64.7 Å². The van der Waals surface area contributed by atoms with Gasteiger partial charge in [-0.3, -0.25) is 4.79 Å². The predicted molar refractivity (Wildman–Crippen MR) is 239 cm³/mol. The Hall–Kier alpha value is -0.730. The van der Waals surface area contributed by atoms with Gasteiger partial charge in [0.15, 0.2) is 6.29 Å². The fourth-order valence-electron chi connectivity index (χ4n) is 12.7. The lowest BCUT2D eigenvalue weighted by Crippen LogP contribution is -2.60. The molecule has 1 heterocycles. The molecule has 342 valence electrons. The molecular weight excluding hydrogens is 725 g/mol. The van der Waals surface area contributed by atoms with Crippen LogP contribution in [0.1, 0.15) is 223 Å². The monoisotopic (exact) mass is 821 g/mol. The molecule has 0 aromatic carbocycles. The van der Waals surface area contributed by atoms with Crippen molar-refractivity contribution in [2.45, 2.75) is 260 Å². The highest BCUT2D eigenvalue weighted by Crippen LogP contribution is 2.68. The Bertz CT molecular complexity index is 1110. The second-order valence-corrected chi connectivity index (χ2v) is 20.5. The van der Waals surface area contributed by atoms with Gasteiger partial charge in [-0.25, -0.2) is 0 Å². The van der Waals surface area contributed by atoms with E-state index in [9.17, 15) is 20.1 Å². The van der Waals surface area contributed by atoms with Crippen molar-refractivity contribution >= 4 is 5.97 Å². The number of hydrogen-bond acceptors (Lipinski definition) is 7. The minimum absolute atomic E-state index is 0.0649. The summed E-state index contributed by atoms with van der Waals surface area (Å²) in [6.45, 7) is 23.0. The van der Waals surface area contributed by atoms with Gasteiger partial charge in [-0.15, -0.1) is 0 Å². The molecule has 5 fully saturated rings. The third-order valence-electron chi connectivity index (χ3n) is 16.2. The minimum atomic E-state index is -1.42. The van der Waals surface area contributed by atoms with Crippen molar-refractivity contribution in [1.82, 2.24) is 0 Å². The van der Waals surface area contributed by atoms with Crippen LogP contribution in [0.25, 0.3) is 0 Å². The molecule has 0 spiro atoms. The normalized spacial score (nSPS) is 37.3. The zero-order chi connectivity index (χ0) is 42.9. The Labute approximate surface area is 358 Å². The average Bonchev–Trinajstić information content (AvgIpc) is 3.57. The molecule has 0 aromatic heterocycles. The van der Waals surface area contributed by atoms with E-state index < -0.39 is 30.7 Å². The molecule has 5 aliphatic rings. The number of carbonyl (C=O) groups excluding carboxylic acids is 1. The summed E-state index contributed by atoms with van der Waals surface area (Å²) in [7, 11) is 0. The van der Waals surface area contributed by atoms with Crippen LogP contribution in [0.4, 0.5) is 0 Å². The summed E-state index contributed by atoms with van der Waals surface area (Å²) in [6.07, 6.45) is 23.3. The van der Waals surface area contributed by atoms with Gasteiger partial charge in [-0.1, -0.05) is 153 Å². The van der Waals surface area contributed by atoms with Crippen LogP contribution in [0.3, 0.4) is 0 Å². The summed E-state index contributed by atoms with van der Waals surface area (Å²) >= 11 is 0. The maximum absolute atomic E-state index is 12.2. The lowest BCUT2D eigenvalue weighted by molar-refractivity contribution is -0.317. The van der Waals surface area contributed by atoms with Crippen LogP contribution in [-0.2, 0) is 19.0 Å². The van der Waals surface area contributed by atoms with E-state index in [-0.39, 0.29) is 18.7 Å². The van der Waals surface area contributed by atoms with Crippen molar-refractivity contribution in [2.75, 3.05) is 6.61 Å². The number of fused-ring (bicyclic) bond motifs is 5. The molecule has 1 aliphatic heterocycles. The number of carbonyl (C=O) groups is 1. The highest BCUT2D eigenvalue weighted by Gasteiger charge is 2.61. The Morgan fingerprint density at radius 3 is 1.93 bits per heavy atom. The number of aliphatic hydroxyl groups is 3. The number of aliphatic hydroxyl groups excluding tert-OH is 3. The molecule has 7 heteroatoms. The molecule has 0 aromatic rings. The maximum Gasteiger partial charge on any atom is 0.305 e. The summed E-state index contributed by atoms with van der Waals surface area (Å²) in [5.41, 5.74) is 0.822. The van der Waals surface area contributed by atoms with Crippen LogP contribution < -0.4 is 0 Å². The zero-order valence-corrected chi connectivity index (χ0v) is 39.7. The van der Waals surface area contributed by atoms with Crippen molar-refractivity contribution in [3.8, 4) is 0 Å². The van der Waals surface area contributed by atoms with E-state index in [4.69, 9.17) is 14.2 Å². The predicted octanol–water partition coefficient (Wildman–Crippen LogP) is 12.6. The van der Waals surface area contributed by atoms with Crippen molar-refractivity contribution in [3.05, 3.63) is 0 Å². The van der Waals surface area contributed by atoms with Gasteiger partial charge >= 0.3 is 5.97 Å². The van der Waals surface area contributed by atoms with E-state index in [1.54, 1.807) is 0 Å². The summed E-state index contributed by atoms with van der Waals surface area (Å²) < 4.78 is 17.8. The van der Waals surface area contributed by atoms with Gasteiger partial charge in [-0.05, 0) is 116 Å². The Kier molecular flexibility index (Phi) is 23.2. The first-order valence-electron chi connectivity index (χ1n) is 25.3. The van der Waals surface area contributed by atoms with E-state index >= 15 is 0 Å². The first-order chi connectivity index (χ1) is 27.8. The van der Waals surface area contributed by atoms with E-state index in [0.717, 1.165) is 80.5 Å². The smallest absolute Gasteiger partial charge is 0.305 e. The third kappa shape index (κ3) is 13.9. The van der Waals surface area contributed by atoms with Crippen LogP contribution in [0, 0.1) is 52.3 Å². The lowest BCUT2D eigenvalue weighted by atomic mass is 9.44. The molecule has 0 bridgehead atoms. The Morgan fingerprint density at radius 2 is 1.29 bits per heavy atom. The maximum atomic E-state index is 12.2. The molecule has 5 rings (SSSR count). The van der Waals surface area contributed by atoms with Gasteiger partial charge in [0.05, 0.1) is 6.10 Å². The number of ether oxygens (including phenoxy) is 3. The fraction of sp³-hybridized carbons (Fsp3) is 0.980. The second kappa shape index (κ2) is 26.0. The van der Waals surface area contributed by atoms with Crippen molar-refractivity contribution in [1.29, 1.82) is 0 Å². The highest BCUT2D eigenvalue weighted by atomic mass is 16.7. The summed E-state index contributed by atoms with van der Waals surface area (Å²) in [5, 5.41) is 32.1. The standard InChI is InChI=1S/C40H70O7.C9H20.C2H6/c1-7-8-9-10-14-34(41)45-24-33-35(42)36(43)37(44)38(47-33)46-28-19-21-39(5)27(23-28)15-16-29-31-18-17-30(26(4)13-11-12-25(2)3)40(31,6)22-20-32(29)39;1-3-5-7-9-8-6-4-2;1-2/h25-33,35-38,42-44H,7-24H2,1-6H3;3-9H2,1-2H3;1-2H3/t26-,27+,28+,29-,30?,31+,32?,33?,35+,36?,37+,38-,39?,40?;;/m1../s1. The summed E-state index contributed by atoms with van der Waals surface area (Å²) in [4.78, 5) is 12.2. The van der Waals surface area contributed by atoms with Gasteiger partial charge in [-0.2, -0.15) is 0 Å². The number of esters is 1. The molecular formula is C51H96O7. The fourth-order valence-corrected chi connectivity index (χ4v) is 12.7. The van der Waals surface area contributed by atoms with E-state index in [1.807, 2.05) is 13.8 Å².